The highest BCUT2D eigenvalue weighted by atomic mass is 19.1. The largest absolute Gasteiger partial charge is 0.444 e. The van der Waals surface area contributed by atoms with Crippen LogP contribution >= 0.6 is 0 Å². The van der Waals surface area contributed by atoms with Crippen LogP contribution in [-0.2, 0) is 14.3 Å². The zero-order chi connectivity index (χ0) is 26.6. The number of piperidine rings is 1. The number of ether oxygens (including phenoxy) is 1. The number of nitrogens with one attached hydrogen (secondary N) is 3. The van der Waals surface area contributed by atoms with Crippen molar-refractivity contribution in [3.05, 3.63) is 45.9 Å². The normalized spacial score (nSPS) is 21.9. The molecule has 0 bridgehead atoms. The summed E-state index contributed by atoms with van der Waals surface area (Å²) < 4.78 is 18.6. The Kier molecular flexibility index (Phi) is 8.43. The van der Waals surface area contributed by atoms with Crippen LogP contribution in [0.15, 0.2) is 29.0 Å². The van der Waals surface area contributed by atoms with Crippen LogP contribution in [0.1, 0.15) is 63.9 Å². The molecule has 3 amide bonds. The number of allylic oxidation sites excluding steroid dienone is 3. The molecule has 0 aliphatic carbocycles. The molecule has 3 N–H and O–H groups in total. The monoisotopic (exact) mass is 500 g/mol. The van der Waals surface area contributed by atoms with Gasteiger partial charge in [0.2, 0.25) is 5.91 Å². The Labute approximate surface area is 212 Å². The molecule has 1 aromatic rings. The van der Waals surface area contributed by atoms with Gasteiger partial charge in [-0.1, -0.05) is 13.0 Å². The Hall–Kier alpha value is -3.36. The number of amides is 3. The van der Waals surface area contributed by atoms with Gasteiger partial charge < -0.3 is 25.3 Å². The van der Waals surface area contributed by atoms with E-state index in [4.69, 9.17) is 4.74 Å². The first-order chi connectivity index (χ1) is 16.9. The predicted octanol–water partition coefficient (Wildman–Crippen LogP) is 4.92. The second-order valence-electron chi connectivity index (χ2n) is 10.2. The predicted molar refractivity (Wildman–Crippen MR) is 138 cm³/mol. The summed E-state index contributed by atoms with van der Waals surface area (Å²) in [5.41, 5.74) is 3.72. The van der Waals surface area contributed by atoms with Crippen molar-refractivity contribution in [3.8, 4) is 0 Å². The van der Waals surface area contributed by atoms with Gasteiger partial charge in [0, 0.05) is 35.7 Å². The van der Waals surface area contributed by atoms with Gasteiger partial charge in [0.25, 0.3) is 5.91 Å². The third-order valence-corrected chi connectivity index (χ3v) is 6.22. The fraction of sp³-hybridized carbons (Fsp3) is 0.519. The first kappa shape index (κ1) is 27.2. The SMILES string of the molecule is CC/C=C1/NC(=O)C(=C\c2[nH]c(C)c(NC(=O)C3CCCN(C(=O)OC(C)(C)C)C3)c2C)/C1=C/CF. The molecule has 2 aliphatic rings. The summed E-state index contributed by atoms with van der Waals surface area (Å²) in [6.07, 6.45) is 6.61. The number of anilines is 1. The summed E-state index contributed by atoms with van der Waals surface area (Å²) in [6, 6.07) is 0. The highest BCUT2D eigenvalue weighted by Gasteiger charge is 2.32. The number of halogens is 1. The maximum atomic E-state index is 13.2. The van der Waals surface area contributed by atoms with Gasteiger partial charge >= 0.3 is 6.09 Å². The van der Waals surface area contributed by atoms with E-state index in [0.717, 1.165) is 11.3 Å². The average Bonchev–Trinajstić information content (AvgIpc) is 3.23. The van der Waals surface area contributed by atoms with E-state index in [0.29, 0.717) is 60.6 Å². The Morgan fingerprint density at radius 2 is 1.94 bits per heavy atom. The van der Waals surface area contributed by atoms with E-state index in [-0.39, 0.29) is 17.7 Å². The number of hydrogen-bond acceptors (Lipinski definition) is 4. The number of aryl methyl sites for hydroxylation is 1. The molecular weight excluding hydrogens is 463 g/mol. The Bertz CT molecular complexity index is 1120. The first-order valence-electron chi connectivity index (χ1n) is 12.4. The summed E-state index contributed by atoms with van der Waals surface area (Å²) in [6.45, 7) is 11.3. The molecule has 196 valence electrons. The Balaban J connectivity index is 1.79. The lowest BCUT2D eigenvalue weighted by Gasteiger charge is -2.33. The summed E-state index contributed by atoms with van der Waals surface area (Å²) in [5, 5.41) is 5.81. The van der Waals surface area contributed by atoms with Gasteiger partial charge in [0.1, 0.15) is 12.3 Å². The zero-order valence-electron chi connectivity index (χ0n) is 22.0. The van der Waals surface area contributed by atoms with E-state index in [2.05, 4.69) is 15.6 Å². The topological polar surface area (TPSA) is 104 Å². The van der Waals surface area contributed by atoms with Crippen LogP contribution in [0.3, 0.4) is 0 Å². The number of H-pyrrole nitrogens is 1. The van der Waals surface area contributed by atoms with E-state index < -0.39 is 18.4 Å². The number of likely N-dealkylation sites (tertiary alicyclic amines) is 1. The number of nitrogens with zero attached hydrogens (tertiary/aromatic N) is 1. The maximum absolute atomic E-state index is 13.2. The maximum Gasteiger partial charge on any atom is 0.410 e. The molecule has 8 nitrogen and oxygen atoms in total. The molecule has 2 fully saturated rings. The van der Waals surface area contributed by atoms with E-state index in [1.165, 1.54) is 6.08 Å². The van der Waals surface area contributed by atoms with Gasteiger partial charge in [0.15, 0.2) is 0 Å². The molecule has 2 saturated heterocycles. The molecule has 3 rings (SSSR count). The summed E-state index contributed by atoms with van der Waals surface area (Å²) in [4.78, 5) is 43.0. The standard InChI is InChI=1S/C27H37FN4O4/c1-7-9-21-19(11-12-28)20(25(34)30-21)14-22-16(2)23(17(3)29-22)31-24(33)18-10-8-13-32(15-18)26(35)36-27(4,5)6/h9,11,14,18,29H,7-8,10,12-13,15H2,1-6H3,(H,30,34)(H,31,33)/b19-11-,20-14-,21-9+. The first-order valence-corrected chi connectivity index (χ1v) is 12.4. The number of alkyl halides is 1. The molecular formula is C27H37FN4O4. The second-order valence-corrected chi connectivity index (χ2v) is 10.2. The van der Waals surface area contributed by atoms with Gasteiger partial charge in [-0.05, 0) is 71.6 Å². The molecule has 0 radical (unpaired) electrons. The third-order valence-electron chi connectivity index (χ3n) is 6.22. The van der Waals surface area contributed by atoms with E-state index in [9.17, 15) is 18.8 Å². The van der Waals surface area contributed by atoms with Gasteiger partial charge in [-0.25, -0.2) is 9.18 Å². The average molecular weight is 501 g/mol. The van der Waals surface area contributed by atoms with Crippen molar-refractivity contribution in [1.82, 2.24) is 15.2 Å². The minimum atomic E-state index is -0.686. The van der Waals surface area contributed by atoms with Gasteiger partial charge in [-0.15, -0.1) is 0 Å². The Morgan fingerprint density at radius 1 is 1.22 bits per heavy atom. The minimum absolute atomic E-state index is 0.169. The number of carbonyl (C=O) groups excluding carboxylic acids is 3. The second kappa shape index (κ2) is 11.1. The smallest absolute Gasteiger partial charge is 0.410 e. The quantitative estimate of drug-likeness (QED) is 0.499. The van der Waals surface area contributed by atoms with Gasteiger partial charge in [-0.2, -0.15) is 0 Å². The Morgan fingerprint density at radius 3 is 2.58 bits per heavy atom. The fourth-order valence-electron chi connectivity index (χ4n) is 4.49. The van der Waals surface area contributed by atoms with Crippen molar-refractivity contribution >= 4 is 29.7 Å². The number of hydrogen-bond donors (Lipinski definition) is 3. The molecule has 9 heteroatoms. The van der Waals surface area contributed by atoms with Crippen molar-refractivity contribution < 1.29 is 23.5 Å². The van der Waals surface area contributed by atoms with E-state index in [1.807, 2.05) is 47.6 Å². The number of carbonyl (C=O) groups is 3. The van der Waals surface area contributed by atoms with Crippen molar-refractivity contribution in [2.24, 2.45) is 5.92 Å². The lowest BCUT2D eigenvalue weighted by atomic mass is 9.97. The highest BCUT2D eigenvalue weighted by Crippen LogP contribution is 2.32. The zero-order valence-corrected chi connectivity index (χ0v) is 22.0. The van der Waals surface area contributed by atoms with Crippen LogP contribution in [0.25, 0.3) is 6.08 Å². The van der Waals surface area contributed by atoms with E-state index >= 15 is 0 Å². The van der Waals surface area contributed by atoms with Crippen molar-refractivity contribution in [2.45, 2.75) is 66.4 Å². The van der Waals surface area contributed by atoms with Gasteiger partial charge in [0.05, 0.1) is 17.2 Å². The summed E-state index contributed by atoms with van der Waals surface area (Å²) in [5.74, 6) is -0.822. The lowest BCUT2D eigenvalue weighted by molar-refractivity contribution is -0.121. The fourth-order valence-corrected chi connectivity index (χ4v) is 4.49. The molecule has 1 unspecified atom stereocenters. The molecule has 3 heterocycles. The number of rotatable bonds is 5. The molecule has 0 saturated carbocycles. The van der Waals surface area contributed by atoms with Crippen LogP contribution in [0.4, 0.5) is 14.9 Å². The molecule has 1 atom stereocenters. The van der Waals surface area contributed by atoms with E-state index in [1.54, 1.807) is 11.0 Å². The lowest BCUT2D eigenvalue weighted by Crippen LogP contribution is -2.45. The number of aromatic amines is 1. The number of aromatic nitrogens is 1. The highest BCUT2D eigenvalue weighted by molar-refractivity contribution is 6.09. The van der Waals surface area contributed by atoms with Crippen molar-refractivity contribution in [2.75, 3.05) is 25.1 Å². The van der Waals surface area contributed by atoms with Crippen LogP contribution < -0.4 is 10.6 Å². The third kappa shape index (κ3) is 6.25. The summed E-state index contributed by atoms with van der Waals surface area (Å²) >= 11 is 0. The van der Waals surface area contributed by atoms with Crippen LogP contribution in [0.5, 0.6) is 0 Å². The van der Waals surface area contributed by atoms with Crippen molar-refractivity contribution in [1.29, 1.82) is 0 Å². The van der Waals surface area contributed by atoms with Crippen LogP contribution in [0.2, 0.25) is 0 Å². The molecule has 36 heavy (non-hydrogen) atoms. The molecule has 1 aromatic heterocycles. The molecule has 0 spiro atoms. The van der Waals surface area contributed by atoms with Gasteiger partial charge in [-0.3, -0.25) is 9.59 Å². The minimum Gasteiger partial charge on any atom is -0.444 e. The molecule has 2 aliphatic heterocycles. The van der Waals surface area contributed by atoms with Crippen LogP contribution in [0, 0.1) is 19.8 Å². The van der Waals surface area contributed by atoms with Crippen molar-refractivity contribution in [3.63, 3.8) is 0 Å². The molecule has 0 aromatic carbocycles. The van der Waals surface area contributed by atoms with Crippen LogP contribution in [-0.4, -0.2) is 53.2 Å². The summed E-state index contributed by atoms with van der Waals surface area (Å²) in [7, 11) is 0.